The second-order valence-corrected chi connectivity index (χ2v) is 6.40. The Balaban J connectivity index is 2.54. The molecule has 0 heterocycles. The third-order valence-electron chi connectivity index (χ3n) is 3.06. The minimum absolute atomic E-state index is 0.168. The molecule has 0 atom stereocenters. The molecule has 0 unspecified atom stereocenters. The fraction of sp³-hybridized carbons (Fsp3) is 0.176. The van der Waals surface area contributed by atoms with Crippen LogP contribution in [0.2, 0.25) is 0 Å². The van der Waals surface area contributed by atoms with Gasteiger partial charge in [-0.05, 0) is 31.2 Å². The molecule has 4 nitrogen and oxygen atoms in total. The van der Waals surface area contributed by atoms with E-state index in [1.165, 1.54) is 4.31 Å². The highest BCUT2D eigenvalue weighted by Gasteiger charge is 2.26. The van der Waals surface area contributed by atoms with Crippen molar-refractivity contribution in [3.05, 3.63) is 67.3 Å². The zero-order valence-electron chi connectivity index (χ0n) is 12.5. The molecule has 0 saturated carbocycles. The van der Waals surface area contributed by atoms with Crippen LogP contribution in [-0.2, 0) is 10.0 Å². The number of sulfonamides is 1. The molecule has 0 aliphatic heterocycles. The van der Waals surface area contributed by atoms with Crippen molar-refractivity contribution < 1.29 is 13.2 Å². The van der Waals surface area contributed by atoms with Gasteiger partial charge in [-0.1, -0.05) is 36.4 Å². The van der Waals surface area contributed by atoms with Crippen LogP contribution in [0, 0.1) is 0 Å². The molecule has 0 aliphatic rings. The molecular formula is C17H19NO3S. The van der Waals surface area contributed by atoms with Crippen LogP contribution in [-0.4, -0.2) is 21.6 Å². The Morgan fingerprint density at radius 1 is 1.09 bits per heavy atom. The number of rotatable bonds is 7. The zero-order chi connectivity index (χ0) is 16.0. The number of hydrogen-bond acceptors (Lipinski definition) is 3. The van der Waals surface area contributed by atoms with Crippen LogP contribution >= 0.6 is 0 Å². The molecule has 0 spiro atoms. The molecule has 116 valence electrons. The van der Waals surface area contributed by atoms with Gasteiger partial charge in [0.2, 0.25) is 0 Å². The number of ether oxygens (including phenoxy) is 1. The first kappa shape index (κ1) is 16.1. The van der Waals surface area contributed by atoms with E-state index in [9.17, 15) is 8.42 Å². The predicted octanol–water partition coefficient (Wildman–Crippen LogP) is 3.47. The molecule has 0 radical (unpaired) electrons. The van der Waals surface area contributed by atoms with Crippen LogP contribution in [0.5, 0.6) is 5.75 Å². The second-order valence-electron chi connectivity index (χ2n) is 4.54. The van der Waals surface area contributed by atoms with Gasteiger partial charge in [-0.2, -0.15) is 0 Å². The highest BCUT2D eigenvalue weighted by Crippen LogP contribution is 2.32. The van der Waals surface area contributed by atoms with Crippen LogP contribution < -0.4 is 9.04 Å². The minimum Gasteiger partial charge on any atom is -0.492 e. The van der Waals surface area contributed by atoms with Crippen molar-refractivity contribution in [3.63, 3.8) is 0 Å². The van der Waals surface area contributed by atoms with Crippen molar-refractivity contribution in [1.29, 1.82) is 0 Å². The van der Waals surface area contributed by atoms with Crippen LogP contribution in [0.3, 0.4) is 0 Å². The van der Waals surface area contributed by atoms with Crippen LogP contribution in [0.15, 0.2) is 72.1 Å². The third-order valence-corrected chi connectivity index (χ3v) is 4.85. The van der Waals surface area contributed by atoms with Crippen LogP contribution in [0.25, 0.3) is 0 Å². The minimum atomic E-state index is -3.68. The lowest BCUT2D eigenvalue weighted by molar-refractivity contribution is 0.341. The molecule has 0 amide bonds. The number of nitrogens with zero attached hydrogens (tertiary/aromatic N) is 1. The van der Waals surface area contributed by atoms with Gasteiger partial charge in [0.25, 0.3) is 10.0 Å². The highest BCUT2D eigenvalue weighted by molar-refractivity contribution is 7.92. The lowest BCUT2D eigenvalue weighted by Crippen LogP contribution is -2.31. The summed E-state index contributed by atoms with van der Waals surface area (Å²) in [5.74, 6) is 0.534. The molecule has 0 aliphatic carbocycles. The molecule has 0 fully saturated rings. The molecule has 0 aromatic heterocycles. The molecule has 5 heteroatoms. The topological polar surface area (TPSA) is 46.6 Å². The van der Waals surface area contributed by atoms with Gasteiger partial charge in [0, 0.05) is 0 Å². The molecule has 2 aromatic carbocycles. The molecule has 0 bridgehead atoms. The molecule has 2 aromatic rings. The molecule has 0 saturated heterocycles. The molecule has 2 rings (SSSR count). The van der Waals surface area contributed by atoms with Gasteiger partial charge in [0.1, 0.15) is 5.75 Å². The largest absolute Gasteiger partial charge is 0.492 e. The van der Waals surface area contributed by atoms with E-state index in [0.29, 0.717) is 18.0 Å². The van der Waals surface area contributed by atoms with Crippen molar-refractivity contribution in [2.24, 2.45) is 0 Å². The third kappa shape index (κ3) is 3.31. The summed E-state index contributed by atoms with van der Waals surface area (Å²) in [6.45, 7) is 6.15. The van der Waals surface area contributed by atoms with Crippen molar-refractivity contribution in [2.45, 2.75) is 11.8 Å². The maximum absolute atomic E-state index is 12.9. The average molecular weight is 317 g/mol. The SMILES string of the molecule is C=CCN(c1ccccc1OCC)S(=O)(=O)c1ccccc1. The van der Waals surface area contributed by atoms with E-state index in [0.717, 1.165) is 0 Å². The second kappa shape index (κ2) is 7.13. The monoisotopic (exact) mass is 317 g/mol. The van der Waals surface area contributed by atoms with Crippen molar-refractivity contribution >= 4 is 15.7 Å². The maximum atomic E-state index is 12.9. The molecular weight excluding hydrogens is 298 g/mol. The van der Waals surface area contributed by atoms with Gasteiger partial charge in [-0.15, -0.1) is 6.58 Å². The summed E-state index contributed by atoms with van der Waals surface area (Å²) < 4.78 is 32.7. The fourth-order valence-electron chi connectivity index (χ4n) is 2.10. The summed E-state index contributed by atoms with van der Waals surface area (Å²) in [7, 11) is -3.68. The van der Waals surface area contributed by atoms with Gasteiger partial charge in [0.05, 0.1) is 23.7 Å². The predicted molar refractivity (Wildman–Crippen MR) is 88.8 cm³/mol. The van der Waals surface area contributed by atoms with Gasteiger partial charge >= 0.3 is 0 Å². The maximum Gasteiger partial charge on any atom is 0.264 e. The Morgan fingerprint density at radius 3 is 2.36 bits per heavy atom. The van der Waals surface area contributed by atoms with E-state index in [1.807, 2.05) is 13.0 Å². The zero-order valence-corrected chi connectivity index (χ0v) is 13.3. The number of anilines is 1. The molecule has 0 N–H and O–H groups in total. The first-order valence-corrected chi connectivity index (χ1v) is 8.45. The summed E-state index contributed by atoms with van der Waals surface area (Å²) >= 11 is 0. The first-order valence-electron chi connectivity index (χ1n) is 7.01. The van der Waals surface area contributed by atoms with Crippen LogP contribution in [0.1, 0.15) is 6.92 Å². The van der Waals surface area contributed by atoms with E-state index < -0.39 is 10.0 Å². The Kier molecular flexibility index (Phi) is 5.22. The van der Waals surface area contributed by atoms with Crippen molar-refractivity contribution in [2.75, 3.05) is 17.5 Å². The number of hydrogen-bond donors (Lipinski definition) is 0. The van der Waals surface area contributed by atoms with E-state index in [4.69, 9.17) is 4.74 Å². The van der Waals surface area contributed by atoms with E-state index in [1.54, 1.807) is 54.6 Å². The summed E-state index contributed by atoms with van der Waals surface area (Å²) in [4.78, 5) is 0.239. The Bertz CT molecular complexity index is 727. The summed E-state index contributed by atoms with van der Waals surface area (Å²) in [5, 5.41) is 0. The number of para-hydroxylation sites is 2. The Morgan fingerprint density at radius 2 is 1.73 bits per heavy atom. The van der Waals surface area contributed by atoms with Gasteiger partial charge in [-0.3, -0.25) is 4.31 Å². The standard InChI is InChI=1S/C17H19NO3S/c1-3-14-18(16-12-8-9-13-17(16)21-4-2)22(19,20)15-10-6-5-7-11-15/h3,5-13H,1,4,14H2,2H3. The quantitative estimate of drug-likeness (QED) is 0.735. The van der Waals surface area contributed by atoms with Gasteiger partial charge in [-0.25, -0.2) is 8.42 Å². The van der Waals surface area contributed by atoms with Gasteiger partial charge < -0.3 is 4.74 Å². The van der Waals surface area contributed by atoms with E-state index >= 15 is 0 Å². The van der Waals surface area contributed by atoms with Gasteiger partial charge in [0.15, 0.2) is 0 Å². The smallest absolute Gasteiger partial charge is 0.264 e. The van der Waals surface area contributed by atoms with E-state index in [-0.39, 0.29) is 11.4 Å². The van der Waals surface area contributed by atoms with E-state index in [2.05, 4.69) is 6.58 Å². The Hall–Kier alpha value is -2.27. The lowest BCUT2D eigenvalue weighted by Gasteiger charge is -2.25. The Labute approximate surface area is 131 Å². The average Bonchev–Trinajstić information content (AvgIpc) is 2.54. The molecule has 22 heavy (non-hydrogen) atoms. The van der Waals surface area contributed by atoms with Crippen molar-refractivity contribution in [3.8, 4) is 5.75 Å². The lowest BCUT2D eigenvalue weighted by atomic mass is 10.3. The number of benzene rings is 2. The normalized spacial score (nSPS) is 11.0. The summed E-state index contributed by atoms with van der Waals surface area (Å²) in [6.07, 6.45) is 1.56. The first-order chi connectivity index (χ1) is 10.6. The summed E-state index contributed by atoms with van der Waals surface area (Å²) in [6, 6.07) is 15.4. The summed E-state index contributed by atoms with van der Waals surface area (Å²) in [5.41, 5.74) is 0.508. The highest BCUT2D eigenvalue weighted by atomic mass is 32.2. The van der Waals surface area contributed by atoms with Crippen LogP contribution in [0.4, 0.5) is 5.69 Å². The fourth-order valence-corrected chi connectivity index (χ4v) is 3.57. The van der Waals surface area contributed by atoms with Crippen molar-refractivity contribution in [1.82, 2.24) is 0 Å².